The summed E-state index contributed by atoms with van der Waals surface area (Å²) in [5, 5.41) is 5.04. The highest BCUT2D eigenvalue weighted by Crippen LogP contribution is 2.24. The number of halogens is 2. The molecule has 1 aromatic heterocycles. The van der Waals surface area contributed by atoms with Gasteiger partial charge in [-0.05, 0) is 6.07 Å². The number of hydrogen-bond donors (Lipinski definition) is 1. The minimum atomic E-state index is -3.81. The van der Waals surface area contributed by atoms with Gasteiger partial charge in [0.25, 0.3) is 10.2 Å². The highest BCUT2D eigenvalue weighted by molar-refractivity contribution is 7.89. The summed E-state index contributed by atoms with van der Waals surface area (Å²) in [4.78, 5) is 3.60. The third-order valence-corrected chi connectivity index (χ3v) is 6.60. The summed E-state index contributed by atoms with van der Waals surface area (Å²) < 4.78 is 49.3. The lowest BCUT2D eigenvalue weighted by Crippen LogP contribution is -2.52. The van der Waals surface area contributed by atoms with Crippen molar-refractivity contribution in [2.24, 2.45) is 5.14 Å². The number of piperazine rings is 1. The minimum absolute atomic E-state index is 0.000983. The Balaban J connectivity index is 2.20. The van der Waals surface area contributed by atoms with E-state index in [0.717, 1.165) is 14.8 Å². The lowest BCUT2D eigenvalue weighted by molar-refractivity contribution is 0.273. The van der Waals surface area contributed by atoms with Crippen molar-refractivity contribution >= 4 is 43.4 Å². The van der Waals surface area contributed by atoms with Crippen LogP contribution in [0.3, 0.4) is 0 Å². The van der Waals surface area contributed by atoms with Crippen LogP contribution >= 0.6 is 23.2 Å². The van der Waals surface area contributed by atoms with Gasteiger partial charge in [-0.3, -0.25) is 0 Å². The molecule has 1 fully saturated rings. The second-order valence-corrected chi connectivity index (χ2v) is 8.54. The Hall–Kier alpha value is -0.490. The van der Waals surface area contributed by atoms with Gasteiger partial charge in [-0.15, -0.1) is 0 Å². The molecule has 12 heteroatoms. The zero-order chi connectivity index (χ0) is 15.8. The van der Waals surface area contributed by atoms with E-state index in [0.29, 0.717) is 0 Å². The van der Waals surface area contributed by atoms with E-state index >= 15 is 0 Å². The Morgan fingerprint density at radius 2 is 1.57 bits per heavy atom. The van der Waals surface area contributed by atoms with Crippen LogP contribution < -0.4 is 5.14 Å². The predicted molar refractivity (Wildman–Crippen MR) is 77.7 cm³/mol. The molecule has 0 bridgehead atoms. The van der Waals surface area contributed by atoms with E-state index in [2.05, 4.69) is 4.98 Å². The largest absolute Gasteiger partial charge is 0.276 e. The van der Waals surface area contributed by atoms with E-state index in [1.165, 1.54) is 6.07 Å². The zero-order valence-electron chi connectivity index (χ0n) is 10.6. The average Bonchev–Trinajstić information content (AvgIpc) is 2.41. The van der Waals surface area contributed by atoms with Crippen molar-refractivity contribution in [3.8, 4) is 0 Å². The molecular weight excluding hydrogens is 363 g/mol. The van der Waals surface area contributed by atoms with Gasteiger partial charge in [0.2, 0.25) is 10.0 Å². The van der Waals surface area contributed by atoms with Crippen LogP contribution in [-0.4, -0.2) is 56.6 Å². The molecule has 0 amide bonds. The Labute approximate surface area is 132 Å². The quantitative estimate of drug-likeness (QED) is 0.741. The van der Waals surface area contributed by atoms with Crippen molar-refractivity contribution in [3.05, 3.63) is 22.4 Å². The molecule has 0 saturated carbocycles. The van der Waals surface area contributed by atoms with Crippen LogP contribution in [0.1, 0.15) is 0 Å². The van der Waals surface area contributed by atoms with E-state index in [9.17, 15) is 16.8 Å². The van der Waals surface area contributed by atoms with E-state index in [4.69, 9.17) is 28.3 Å². The molecule has 21 heavy (non-hydrogen) atoms. The fraction of sp³-hybridized carbons (Fsp3) is 0.444. The molecular formula is C9H12Cl2N4O4S2. The standard InChI is InChI=1S/C9H12Cl2N4O4S2/c10-8-5-7(6-13-9(8)11)20(16,17)14-1-3-15(4-2-14)21(12,18)19/h5-6H,1-4H2,(H2,12,18,19). The molecule has 1 aliphatic heterocycles. The van der Waals surface area contributed by atoms with Gasteiger partial charge in [-0.1, -0.05) is 23.2 Å². The minimum Gasteiger partial charge on any atom is -0.242 e. The van der Waals surface area contributed by atoms with Crippen LogP contribution in [-0.2, 0) is 20.2 Å². The maximum Gasteiger partial charge on any atom is 0.276 e. The summed E-state index contributed by atoms with van der Waals surface area (Å²) in [6.45, 7) is -0.0162. The van der Waals surface area contributed by atoms with Gasteiger partial charge in [0.1, 0.15) is 10.0 Å². The van der Waals surface area contributed by atoms with Crippen molar-refractivity contribution in [1.82, 2.24) is 13.6 Å². The van der Waals surface area contributed by atoms with Crippen molar-refractivity contribution in [1.29, 1.82) is 0 Å². The van der Waals surface area contributed by atoms with E-state index in [-0.39, 0.29) is 41.3 Å². The van der Waals surface area contributed by atoms with Crippen molar-refractivity contribution < 1.29 is 16.8 Å². The Morgan fingerprint density at radius 3 is 2.05 bits per heavy atom. The Kier molecular flexibility index (Phi) is 4.78. The Bertz CT molecular complexity index is 745. The van der Waals surface area contributed by atoms with Crippen LogP contribution in [0.4, 0.5) is 0 Å². The van der Waals surface area contributed by atoms with Crippen LogP contribution in [0.25, 0.3) is 0 Å². The first-order valence-electron chi connectivity index (χ1n) is 5.71. The molecule has 2 heterocycles. The Morgan fingerprint density at radius 1 is 1.05 bits per heavy atom. The normalized spacial score (nSPS) is 18.8. The molecule has 118 valence electrons. The molecule has 0 aromatic carbocycles. The van der Waals surface area contributed by atoms with Gasteiger partial charge in [-0.25, -0.2) is 18.5 Å². The predicted octanol–water partition coefficient (Wildman–Crippen LogP) is -0.102. The van der Waals surface area contributed by atoms with Gasteiger partial charge < -0.3 is 0 Å². The molecule has 0 unspecified atom stereocenters. The van der Waals surface area contributed by atoms with Gasteiger partial charge in [0, 0.05) is 32.4 Å². The first-order chi connectivity index (χ1) is 9.62. The number of nitrogens with two attached hydrogens (primary N) is 1. The molecule has 1 aliphatic rings. The second kappa shape index (κ2) is 5.95. The first-order valence-corrected chi connectivity index (χ1v) is 9.41. The molecule has 2 N–H and O–H groups in total. The van der Waals surface area contributed by atoms with Gasteiger partial charge in [0.15, 0.2) is 0 Å². The number of rotatable bonds is 3. The zero-order valence-corrected chi connectivity index (χ0v) is 13.8. The summed E-state index contributed by atoms with van der Waals surface area (Å²) in [5.41, 5.74) is 0. The lowest BCUT2D eigenvalue weighted by Gasteiger charge is -2.32. The van der Waals surface area contributed by atoms with Crippen molar-refractivity contribution in [2.45, 2.75) is 4.90 Å². The summed E-state index contributed by atoms with van der Waals surface area (Å²) >= 11 is 11.4. The molecule has 0 radical (unpaired) electrons. The SMILES string of the molecule is NS(=O)(=O)N1CCN(S(=O)(=O)c2cnc(Cl)c(Cl)c2)CC1. The summed E-state index contributed by atoms with van der Waals surface area (Å²) in [7, 11) is -7.62. The molecule has 8 nitrogen and oxygen atoms in total. The molecule has 0 spiro atoms. The highest BCUT2D eigenvalue weighted by atomic mass is 35.5. The summed E-state index contributed by atoms with van der Waals surface area (Å²) in [6, 6.07) is 1.21. The van der Waals surface area contributed by atoms with Gasteiger partial charge in [0.05, 0.1) is 5.02 Å². The number of nitrogens with zero attached hydrogens (tertiary/aromatic N) is 3. The lowest BCUT2D eigenvalue weighted by atomic mass is 10.4. The molecule has 1 aromatic rings. The third kappa shape index (κ3) is 3.65. The van der Waals surface area contributed by atoms with E-state index in [1.807, 2.05) is 0 Å². The number of aromatic nitrogens is 1. The molecule has 0 aliphatic carbocycles. The second-order valence-electron chi connectivity index (χ2n) is 4.29. The molecule has 1 saturated heterocycles. The van der Waals surface area contributed by atoms with Gasteiger partial charge >= 0.3 is 0 Å². The average molecular weight is 375 g/mol. The van der Waals surface area contributed by atoms with Crippen LogP contribution in [0, 0.1) is 0 Å². The first kappa shape index (κ1) is 16.9. The molecule has 2 rings (SSSR count). The summed E-state index contributed by atoms with van der Waals surface area (Å²) in [6.07, 6.45) is 1.11. The topological polar surface area (TPSA) is 114 Å². The van der Waals surface area contributed by atoms with Crippen LogP contribution in [0.2, 0.25) is 10.2 Å². The van der Waals surface area contributed by atoms with Crippen LogP contribution in [0.15, 0.2) is 17.2 Å². The number of pyridine rings is 1. The van der Waals surface area contributed by atoms with E-state index < -0.39 is 20.2 Å². The summed E-state index contributed by atoms with van der Waals surface area (Å²) in [5.74, 6) is 0. The number of hydrogen-bond acceptors (Lipinski definition) is 5. The number of sulfonamides is 1. The fourth-order valence-corrected chi connectivity index (χ4v) is 4.26. The van der Waals surface area contributed by atoms with Crippen LogP contribution in [0.5, 0.6) is 0 Å². The fourth-order valence-electron chi connectivity index (χ4n) is 1.86. The third-order valence-electron chi connectivity index (χ3n) is 2.97. The maximum absolute atomic E-state index is 12.4. The highest BCUT2D eigenvalue weighted by Gasteiger charge is 2.32. The van der Waals surface area contributed by atoms with Crippen molar-refractivity contribution in [3.63, 3.8) is 0 Å². The monoisotopic (exact) mass is 374 g/mol. The van der Waals surface area contributed by atoms with Gasteiger partial charge in [-0.2, -0.15) is 17.0 Å². The maximum atomic E-state index is 12.4. The van der Waals surface area contributed by atoms with E-state index in [1.54, 1.807) is 0 Å². The molecule has 0 atom stereocenters. The smallest absolute Gasteiger partial charge is 0.242 e. The van der Waals surface area contributed by atoms with Crippen molar-refractivity contribution in [2.75, 3.05) is 26.2 Å².